The summed E-state index contributed by atoms with van der Waals surface area (Å²) in [5, 5.41) is 2.99. The summed E-state index contributed by atoms with van der Waals surface area (Å²) in [6, 6.07) is -0.216. The highest BCUT2D eigenvalue weighted by Gasteiger charge is 2.10. The average molecular weight is 156 g/mol. The number of hydrogen-bond acceptors (Lipinski definition) is 2. The van der Waals surface area contributed by atoms with E-state index in [1.54, 1.807) is 0 Å². The van der Waals surface area contributed by atoms with Crippen molar-refractivity contribution in [2.45, 2.75) is 26.3 Å². The van der Waals surface area contributed by atoms with E-state index in [0.717, 1.165) is 12.0 Å². The molecule has 0 aromatic heterocycles. The molecule has 0 aliphatic heterocycles. The van der Waals surface area contributed by atoms with E-state index in [9.17, 15) is 4.79 Å². The van der Waals surface area contributed by atoms with Gasteiger partial charge >= 0.3 is 0 Å². The second kappa shape index (κ2) is 4.91. The van der Waals surface area contributed by atoms with Crippen molar-refractivity contribution in [2.24, 2.45) is 5.73 Å². The minimum atomic E-state index is -0.297. The van der Waals surface area contributed by atoms with E-state index < -0.39 is 0 Å². The molecule has 1 amide bonds. The lowest BCUT2D eigenvalue weighted by Crippen LogP contribution is -2.41. The molecule has 3 heteroatoms. The van der Waals surface area contributed by atoms with Gasteiger partial charge in [0.25, 0.3) is 0 Å². The third-order valence-electron chi connectivity index (χ3n) is 1.40. The molecule has 0 rings (SSSR count). The van der Waals surface area contributed by atoms with Crippen LogP contribution in [0.4, 0.5) is 0 Å². The lowest BCUT2D eigenvalue weighted by molar-refractivity contribution is -0.120. The van der Waals surface area contributed by atoms with Crippen LogP contribution in [-0.4, -0.2) is 18.5 Å². The number of carbonyl (C=O) groups is 1. The van der Waals surface area contributed by atoms with E-state index in [4.69, 9.17) is 5.73 Å². The number of rotatable bonds is 5. The maximum atomic E-state index is 10.7. The zero-order chi connectivity index (χ0) is 8.85. The summed E-state index contributed by atoms with van der Waals surface area (Å²) in [5.74, 6) is -0.297. The first-order valence-electron chi connectivity index (χ1n) is 3.75. The minimum Gasteiger partial charge on any atom is -0.368 e. The molecular weight excluding hydrogens is 140 g/mol. The summed E-state index contributed by atoms with van der Waals surface area (Å²) in [5.41, 5.74) is 6.11. The molecule has 0 bridgehead atoms. The molecule has 1 atom stereocenters. The number of hydrogen-bond donors (Lipinski definition) is 2. The van der Waals surface area contributed by atoms with Crippen molar-refractivity contribution in [3.05, 3.63) is 12.2 Å². The molecule has 64 valence electrons. The largest absolute Gasteiger partial charge is 0.368 e. The minimum absolute atomic E-state index is 0.216. The Morgan fingerprint density at radius 3 is 2.55 bits per heavy atom. The van der Waals surface area contributed by atoms with Crippen LogP contribution in [0.3, 0.4) is 0 Å². The number of amides is 1. The van der Waals surface area contributed by atoms with Gasteiger partial charge in [-0.05, 0) is 13.3 Å². The number of primary amides is 1. The fourth-order valence-electron chi connectivity index (χ4n) is 0.744. The van der Waals surface area contributed by atoms with Gasteiger partial charge in [-0.2, -0.15) is 0 Å². The number of nitrogens with two attached hydrogens (primary N) is 1. The van der Waals surface area contributed by atoms with Gasteiger partial charge in [0.2, 0.25) is 5.91 Å². The van der Waals surface area contributed by atoms with E-state index in [2.05, 4.69) is 11.9 Å². The Labute approximate surface area is 67.7 Å². The van der Waals surface area contributed by atoms with E-state index in [1.165, 1.54) is 0 Å². The van der Waals surface area contributed by atoms with Gasteiger partial charge in [-0.25, -0.2) is 0 Å². The standard InChI is InChI=1S/C8H16N2O/c1-4-7(8(9)11)10-5-6(2)3/h7,10H,2,4-5H2,1,3H3,(H2,9,11). The van der Waals surface area contributed by atoms with Crippen LogP contribution in [0, 0.1) is 0 Å². The normalized spacial score (nSPS) is 12.5. The Morgan fingerprint density at radius 2 is 2.27 bits per heavy atom. The van der Waals surface area contributed by atoms with Crippen molar-refractivity contribution in [3.8, 4) is 0 Å². The zero-order valence-corrected chi connectivity index (χ0v) is 7.18. The second-order valence-electron chi connectivity index (χ2n) is 2.70. The first-order valence-corrected chi connectivity index (χ1v) is 3.75. The fraction of sp³-hybridized carbons (Fsp3) is 0.625. The Morgan fingerprint density at radius 1 is 1.73 bits per heavy atom. The van der Waals surface area contributed by atoms with Crippen LogP contribution in [0.15, 0.2) is 12.2 Å². The average Bonchev–Trinajstić information content (AvgIpc) is 1.87. The molecule has 11 heavy (non-hydrogen) atoms. The summed E-state index contributed by atoms with van der Waals surface area (Å²) in [4.78, 5) is 10.7. The Hall–Kier alpha value is -0.830. The highest BCUT2D eigenvalue weighted by molar-refractivity contribution is 5.79. The molecule has 0 heterocycles. The smallest absolute Gasteiger partial charge is 0.234 e. The van der Waals surface area contributed by atoms with Crippen LogP contribution >= 0.6 is 0 Å². The Balaban J connectivity index is 3.70. The van der Waals surface area contributed by atoms with Crippen molar-refractivity contribution in [1.29, 1.82) is 0 Å². The topological polar surface area (TPSA) is 55.1 Å². The molecule has 0 aromatic carbocycles. The second-order valence-corrected chi connectivity index (χ2v) is 2.70. The Bertz CT molecular complexity index is 154. The third kappa shape index (κ3) is 4.56. The molecule has 0 fully saturated rings. The van der Waals surface area contributed by atoms with Crippen LogP contribution in [0.5, 0.6) is 0 Å². The maximum Gasteiger partial charge on any atom is 0.234 e. The highest BCUT2D eigenvalue weighted by Crippen LogP contribution is 1.91. The molecule has 0 aliphatic rings. The summed E-state index contributed by atoms with van der Waals surface area (Å²) in [7, 11) is 0. The van der Waals surface area contributed by atoms with Gasteiger partial charge in [-0.3, -0.25) is 4.79 Å². The van der Waals surface area contributed by atoms with Crippen LogP contribution in [-0.2, 0) is 4.79 Å². The molecule has 1 unspecified atom stereocenters. The zero-order valence-electron chi connectivity index (χ0n) is 7.18. The molecule has 0 radical (unpaired) electrons. The summed E-state index contributed by atoms with van der Waals surface area (Å²) >= 11 is 0. The van der Waals surface area contributed by atoms with E-state index in [0.29, 0.717) is 6.54 Å². The SMILES string of the molecule is C=C(C)CNC(CC)C(N)=O. The van der Waals surface area contributed by atoms with Crippen LogP contribution < -0.4 is 11.1 Å². The summed E-state index contributed by atoms with van der Waals surface area (Å²) in [6.07, 6.45) is 0.725. The van der Waals surface area contributed by atoms with Gasteiger partial charge in [-0.15, -0.1) is 0 Å². The Kier molecular flexibility index (Phi) is 4.54. The molecule has 3 N–H and O–H groups in total. The van der Waals surface area contributed by atoms with Crippen molar-refractivity contribution in [1.82, 2.24) is 5.32 Å². The summed E-state index contributed by atoms with van der Waals surface area (Å²) in [6.45, 7) is 8.18. The van der Waals surface area contributed by atoms with Gasteiger partial charge in [-0.1, -0.05) is 19.1 Å². The predicted molar refractivity (Wildman–Crippen MR) is 46.1 cm³/mol. The number of carbonyl (C=O) groups excluding carboxylic acids is 1. The molecular formula is C8H16N2O. The first-order chi connectivity index (χ1) is 5.07. The van der Waals surface area contributed by atoms with Gasteiger partial charge in [0.05, 0.1) is 6.04 Å². The lowest BCUT2D eigenvalue weighted by Gasteiger charge is -2.12. The lowest BCUT2D eigenvalue weighted by atomic mass is 10.2. The van der Waals surface area contributed by atoms with E-state index in [-0.39, 0.29) is 11.9 Å². The predicted octanol–water partition coefficient (Wildman–Crippen LogP) is 0.416. The van der Waals surface area contributed by atoms with Crippen molar-refractivity contribution >= 4 is 5.91 Å². The van der Waals surface area contributed by atoms with Gasteiger partial charge in [0.15, 0.2) is 0 Å². The van der Waals surface area contributed by atoms with E-state index >= 15 is 0 Å². The van der Waals surface area contributed by atoms with Crippen LogP contribution in [0.25, 0.3) is 0 Å². The van der Waals surface area contributed by atoms with Crippen LogP contribution in [0.1, 0.15) is 20.3 Å². The summed E-state index contributed by atoms with van der Waals surface area (Å²) < 4.78 is 0. The van der Waals surface area contributed by atoms with Crippen molar-refractivity contribution < 1.29 is 4.79 Å². The monoisotopic (exact) mass is 156 g/mol. The molecule has 0 aromatic rings. The highest BCUT2D eigenvalue weighted by atomic mass is 16.1. The molecule has 3 nitrogen and oxygen atoms in total. The molecule has 0 spiro atoms. The van der Waals surface area contributed by atoms with E-state index in [1.807, 2.05) is 13.8 Å². The third-order valence-corrected chi connectivity index (χ3v) is 1.40. The van der Waals surface area contributed by atoms with Crippen molar-refractivity contribution in [3.63, 3.8) is 0 Å². The maximum absolute atomic E-state index is 10.7. The van der Waals surface area contributed by atoms with Gasteiger partial charge < -0.3 is 11.1 Å². The van der Waals surface area contributed by atoms with Gasteiger partial charge in [0.1, 0.15) is 0 Å². The molecule has 0 aliphatic carbocycles. The molecule has 0 saturated carbocycles. The number of nitrogens with one attached hydrogen (secondary N) is 1. The van der Waals surface area contributed by atoms with Gasteiger partial charge in [0, 0.05) is 6.54 Å². The molecule has 0 saturated heterocycles. The van der Waals surface area contributed by atoms with Crippen molar-refractivity contribution in [2.75, 3.05) is 6.54 Å². The van der Waals surface area contributed by atoms with Crippen LogP contribution in [0.2, 0.25) is 0 Å². The fourth-order valence-corrected chi connectivity index (χ4v) is 0.744. The quantitative estimate of drug-likeness (QED) is 0.567. The first kappa shape index (κ1) is 10.2.